The van der Waals surface area contributed by atoms with Gasteiger partial charge in [0.15, 0.2) is 0 Å². The fourth-order valence-corrected chi connectivity index (χ4v) is 3.66. The summed E-state index contributed by atoms with van der Waals surface area (Å²) in [7, 11) is 0. The fourth-order valence-electron chi connectivity index (χ4n) is 2.77. The van der Waals surface area contributed by atoms with Crippen LogP contribution in [0.1, 0.15) is 32.1 Å². The van der Waals surface area contributed by atoms with Crippen molar-refractivity contribution in [1.29, 1.82) is 0 Å². The SMILES string of the molecule is O=C(Nc1c[n+](N2CCSCC2)no1)C1CCCCC1. The maximum absolute atomic E-state index is 12.1. The standard InChI is InChI=1S/C13H20N4O2S/c18-13(11-4-2-1-3-5-11)14-12-10-17(15-19-12)16-6-8-20-9-7-16/h10-11H,1-9H2/p+1. The van der Waals surface area contributed by atoms with E-state index in [1.54, 1.807) is 11.0 Å². The van der Waals surface area contributed by atoms with Crippen LogP contribution in [0.3, 0.4) is 0 Å². The molecule has 1 N–H and O–H groups in total. The van der Waals surface area contributed by atoms with E-state index in [0.717, 1.165) is 50.3 Å². The van der Waals surface area contributed by atoms with E-state index in [4.69, 9.17) is 4.52 Å². The zero-order chi connectivity index (χ0) is 13.8. The van der Waals surface area contributed by atoms with Crippen molar-refractivity contribution >= 4 is 23.6 Å². The van der Waals surface area contributed by atoms with E-state index < -0.39 is 0 Å². The monoisotopic (exact) mass is 297 g/mol. The molecule has 2 aliphatic rings. The number of rotatable bonds is 3. The molecule has 1 aliphatic heterocycles. The van der Waals surface area contributed by atoms with Crippen molar-refractivity contribution in [2.24, 2.45) is 5.92 Å². The van der Waals surface area contributed by atoms with Crippen LogP contribution >= 0.6 is 11.8 Å². The Morgan fingerprint density at radius 3 is 2.85 bits per heavy atom. The molecule has 0 atom stereocenters. The summed E-state index contributed by atoms with van der Waals surface area (Å²) in [5.41, 5.74) is 0. The predicted octanol–water partition coefficient (Wildman–Crippen LogP) is 1.17. The largest absolute Gasteiger partial charge is 0.305 e. The zero-order valence-corrected chi connectivity index (χ0v) is 12.4. The Morgan fingerprint density at radius 2 is 2.10 bits per heavy atom. The van der Waals surface area contributed by atoms with Gasteiger partial charge in [0.1, 0.15) is 0 Å². The van der Waals surface area contributed by atoms with Crippen LogP contribution in [0, 0.1) is 5.92 Å². The summed E-state index contributed by atoms with van der Waals surface area (Å²) in [6.45, 7) is 1.91. The second-order valence-corrected chi connectivity index (χ2v) is 6.60. The van der Waals surface area contributed by atoms with Crippen molar-refractivity contribution in [1.82, 2.24) is 5.27 Å². The van der Waals surface area contributed by atoms with Gasteiger partial charge in [0.05, 0.1) is 17.9 Å². The minimum absolute atomic E-state index is 0.0715. The van der Waals surface area contributed by atoms with Gasteiger partial charge in [0.25, 0.3) is 6.20 Å². The molecule has 0 spiro atoms. The normalized spacial score (nSPS) is 20.9. The van der Waals surface area contributed by atoms with Gasteiger partial charge in [-0.1, -0.05) is 19.3 Å². The van der Waals surface area contributed by atoms with Crippen LogP contribution in [0.4, 0.5) is 5.88 Å². The molecule has 7 heteroatoms. The van der Waals surface area contributed by atoms with Crippen LogP contribution in [-0.4, -0.2) is 35.8 Å². The van der Waals surface area contributed by atoms with Gasteiger partial charge in [0, 0.05) is 17.4 Å². The van der Waals surface area contributed by atoms with E-state index in [-0.39, 0.29) is 11.8 Å². The molecule has 6 nitrogen and oxygen atoms in total. The zero-order valence-electron chi connectivity index (χ0n) is 11.6. The number of thioether (sulfide) groups is 1. The highest BCUT2D eigenvalue weighted by molar-refractivity contribution is 7.99. The van der Waals surface area contributed by atoms with E-state index in [1.807, 2.05) is 11.8 Å². The fraction of sp³-hybridized carbons (Fsp3) is 0.769. The Kier molecular flexibility index (Phi) is 4.44. The number of carbonyl (C=O) groups is 1. The average molecular weight is 297 g/mol. The first-order chi connectivity index (χ1) is 9.83. The summed E-state index contributed by atoms with van der Waals surface area (Å²) in [6.07, 6.45) is 7.29. The summed E-state index contributed by atoms with van der Waals surface area (Å²) in [5.74, 6) is 2.85. The summed E-state index contributed by atoms with van der Waals surface area (Å²) in [5, 5.41) is 8.95. The Bertz CT molecular complexity index is 453. The molecule has 3 rings (SSSR count). The molecule has 2 fully saturated rings. The topological polar surface area (TPSA) is 62.3 Å². The lowest BCUT2D eigenvalue weighted by atomic mass is 9.89. The van der Waals surface area contributed by atoms with Crippen LogP contribution in [0.5, 0.6) is 0 Å². The lowest BCUT2D eigenvalue weighted by Crippen LogP contribution is -2.61. The quantitative estimate of drug-likeness (QED) is 0.849. The summed E-state index contributed by atoms with van der Waals surface area (Å²) in [6, 6.07) is 0. The number of carbonyl (C=O) groups excluding carboxylic acids is 1. The van der Waals surface area contributed by atoms with Crippen LogP contribution < -0.4 is 15.1 Å². The lowest BCUT2D eigenvalue weighted by molar-refractivity contribution is -0.757. The van der Waals surface area contributed by atoms with Crippen molar-refractivity contribution < 1.29 is 14.1 Å². The molecule has 2 heterocycles. The maximum atomic E-state index is 12.1. The Balaban J connectivity index is 1.57. The first-order valence-electron chi connectivity index (χ1n) is 7.35. The number of aromatic nitrogens is 2. The molecule has 0 bridgehead atoms. The molecule has 1 aromatic rings. The number of nitrogens with zero attached hydrogens (tertiary/aromatic N) is 3. The van der Waals surface area contributed by atoms with E-state index >= 15 is 0 Å². The highest BCUT2D eigenvalue weighted by Crippen LogP contribution is 2.24. The van der Waals surface area contributed by atoms with E-state index in [1.165, 1.54) is 6.42 Å². The lowest BCUT2D eigenvalue weighted by Gasteiger charge is -2.19. The second kappa shape index (κ2) is 6.47. The average Bonchev–Trinajstić information content (AvgIpc) is 2.97. The van der Waals surface area contributed by atoms with Crippen molar-refractivity contribution in [3.8, 4) is 0 Å². The van der Waals surface area contributed by atoms with Crippen molar-refractivity contribution in [3.63, 3.8) is 0 Å². The Hall–Kier alpha value is -1.24. The Labute approximate surface area is 122 Å². The van der Waals surface area contributed by atoms with Crippen molar-refractivity contribution in [2.45, 2.75) is 32.1 Å². The molecular weight excluding hydrogens is 276 g/mol. The minimum Gasteiger partial charge on any atom is -0.289 e. The third kappa shape index (κ3) is 3.26. The van der Waals surface area contributed by atoms with E-state index in [2.05, 4.69) is 15.6 Å². The number of anilines is 1. The highest BCUT2D eigenvalue weighted by atomic mass is 32.2. The number of nitrogens with one attached hydrogen (secondary N) is 1. The van der Waals surface area contributed by atoms with Gasteiger partial charge in [-0.3, -0.25) is 14.6 Å². The molecule has 0 radical (unpaired) electrons. The van der Waals surface area contributed by atoms with E-state index in [0.29, 0.717) is 5.88 Å². The summed E-state index contributed by atoms with van der Waals surface area (Å²) in [4.78, 5) is 13.8. The molecule has 1 amide bonds. The van der Waals surface area contributed by atoms with Gasteiger partial charge in [-0.25, -0.2) is 0 Å². The van der Waals surface area contributed by atoms with E-state index in [9.17, 15) is 4.79 Å². The number of amides is 1. The summed E-state index contributed by atoms with van der Waals surface area (Å²) >= 11 is 1.95. The highest BCUT2D eigenvalue weighted by Gasteiger charge is 2.26. The second-order valence-electron chi connectivity index (χ2n) is 5.38. The molecule has 0 unspecified atom stereocenters. The molecular formula is C13H21N4O2S+. The van der Waals surface area contributed by atoms with Crippen molar-refractivity contribution in [3.05, 3.63) is 6.20 Å². The molecule has 1 saturated heterocycles. The minimum atomic E-state index is 0.0715. The van der Waals surface area contributed by atoms with Crippen LogP contribution in [0.2, 0.25) is 0 Å². The molecule has 1 aliphatic carbocycles. The number of hydrogen-bond acceptors (Lipinski definition) is 5. The van der Waals surface area contributed by atoms with Gasteiger partial charge >= 0.3 is 5.88 Å². The Morgan fingerprint density at radius 1 is 1.35 bits per heavy atom. The third-order valence-electron chi connectivity index (χ3n) is 3.96. The first-order valence-corrected chi connectivity index (χ1v) is 8.51. The molecule has 1 saturated carbocycles. The molecule has 110 valence electrons. The van der Waals surface area contributed by atoms with Gasteiger partial charge in [-0.15, -0.1) is 0 Å². The summed E-state index contributed by atoms with van der Waals surface area (Å²) < 4.78 is 5.21. The molecule has 20 heavy (non-hydrogen) atoms. The molecule has 1 aromatic heterocycles. The van der Waals surface area contributed by atoms with Gasteiger partial charge in [-0.05, 0) is 12.8 Å². The van der Waals surface area contributed by atoms with Crippen LogP contribution in [0.15, 0.2) is 10.7 Å². The predicted molar refractivity (Wildman–Crippen MR) is 77.2 cm³/mol. The van der Waals surface area contributed by atoms with Gasteiger partial charge in [-0.2, -0.15) is 16.8 Å². The maximum Gasteiger partial charge on any atom is 0.305 e. The number of hydrogen-bond donors (Lipinski definition) is 1. The first kappa shape index (κ1) is 13.7. The van der Waals surface area contributed by atoms with Crippen LogP contribution in [0.25, 0.3) is 0 Å². The molecule has 0 aromatic carbocycles. The van der Waals surface area contributed by atoms with Gasteiger partial charge in [0.2, 0.25) is 11.2 Å². The van der Waals surface area contributed by atoms with Crippen LogP contribution in [-0.2, 0) is 4.79 Å². The third-order valence-corrected chi connectivity index (χ3v) is 4.90. The van der Waals surface area contributed by atoms with Gasteiger partial charge < -0.3 is 0 Å². The van der Waals surface area contributed by atoms with Crippen molar-refractivity contribution in [2.75, 3.05) is 34.9 Å². The smallest absolute Gasteiger partial charge is 0.289 e.